The quantitative estimate of drug-likeness (QED) is 0.507. The number of carbonyl (C=O) groups excluding carboxylic acids is 4. The smallest absolute Gasteiger partial charge is 0.355 e. The molecule has 9 heteroatoms. The number of esters is 4. The van der Waals surface area contributed by atoms with Crippen LogP contribution in [0.1, 0.15) is 6.92 Å². The zero-order valence-electron chi connectivity index (χ0n) is 15.5. The molecule has 0 aromatic rings. The summed E-state index contributed by atoms with van der Waals surface area (Å²) in [7, 11) is 4.44. The van der Waals surface area contributed by atoms with Crippen LogP contribution in [0.5, 0.6) is 0 Å². The van der Waals surface area contributed by atoms with E-state index < -0.39 is 41.1 Å². The summed E-state index contributed by atoms with van der Waals surface area (Å²) in [5.41, 5.74) is -0.473. The third-order valence-electron chi connectivity index (χ3n) is 4.09. The molecule has 0 aromatic carbocycles. The lowest BCUT2D eigenvalue weighted by atomic mass is 9.85. The van der Waals surface area contributed by atoms with Gasteiger partial charge in [0.1, 0.15) is 11.3 Å². The number of hydrogen-bond donors (Lipinski definition) is 0. The van der Waals surface area contributed by atoms with Crippen molar-refractivity contribution in [2.45, 2.75) is 13.0 Å². The molecule has 1 unspecified atom stereocenters. The predicted molar refractivity (Wildman–Crippen MR) is 90.6 cm³/mol. The van der Waals surface area contributed by atoms with E-state index in [2.05, 4.69) is 0 Å². The van der Waals surface area contributed by atoms with E-state index in [0.717, 1.165) is 34.0 Å². The van der Waals surface area contributed by atoms with Crippen LogP contribution in [0, 0.1) is 0 Å². The van der Waals surface area contributed by atoms with Crippen molar-refractivity contribution in [3.8, 4) is 0 Å². The SMILES string of the molecule is COC(=O)C1=C(C(=O)OC)C2C=C(C)C=CN2C(C(=O)OC)=C1C(=O)OC. The Morgan fingerprint density at radius 2 is 1.33 bits per heavy atom. The fraction of sp³-hybridized carbons (Fsp3) is 0.333. The molecular weight excluding hydrogens is 358 g/mol. The topological polar surface area (TPSA) is 108 Å². The van der Waals surface area contributed by atoms with Crippen molar-refractivity contribution in [1.29, 1.82) is 0 Å². The monoisotopic (exact) mass is 377 g/mol. The van der Waals surface area contributed by atoms with Gasteiger partial charge in [0.2, 0.25) is 0 Å². The highest BCUT2D eigenvalue weighted by Gasteiger charge is 2.46. The summed E-state index contributed by atoms with van der Waals surface area (Å²) in [5.74, 6) is -3.73. The maximum atomic E-state index is 12.5. The summed E-state index contributed by atoms with van der Waals surface area (Å²) in [5, 5.41) is 0. The average Bonchev–Trinajstić information content (AvgIpc) is 2.69. The first kappa shape index (κ1) is 20.0. The molecule has 2 aliphatic heterocycles. The molecule has 144 valence electrons. The summed E-state index contributed by atoms with van der Waals surface area (Å²) in [6.45, 7) is 1.78. The maximum absolute atomic E-state index is 12.5. The molecule has 0 amide bonds. The molecule has 0 fully saturated rings. The largest absolute Gasteiger partial charge is 0.466 e. The highest BCUT2D eigenvalue weighted by molar-refractivity contribution is 6.16. The first-order valence-electron chi connectivity index (χ1n) is 7.79. The standard InChI is InChI=1S/C18H19NO8/c1-9-6-7-19-10(8-9)11(15(20)24-2)12(16(21)25-3)13(17(22)26-4)14(19)18(23)27-5/h6-8,10H,1-5H3. The Hall–Kier alpha value is -3.36. The van der Waals surface area contributed by atoms with E-state index in [-0.39, 0.29) is 11.3 Å². The van der Waals surface area contributed by atoms with Crippen molar-refractivity contribution in [2.24, 2.45) is 0 Å². The summed E-state index contributed by atoms with van der Waals surface area (Å²) in [4.78, 5) is 51.3. The lowest BCUT2D eigenvalue weighted by Gasteiger charge is -2.38. The number of nitrogens with zero attached hydrogens (tertiary/aromatic N) is 1. The minimum Gasteiger partial charge on any atom is -0.466 e. The Morgan fingerprint density at radius 3 is 1.85 bits per heavy atom. The highest BCUT2D eigenvalue weighted by Crippen LogP contribution is 2.38. The third-order valence-corrected chi connectivity index (χ3v) is 4.09. The van der Waals surface area contributed by atoms with Gasteiger partial charge >= 0.3 is 23.9 Å². The van der Waals surface area contributed by atoms with E-state index in [1.165, 1.54) is 11.1 Å². The van der Waals surface area contributed by atoms with Gasteiger partial charge < -0.3 is 23.8 Å². The number of rotatable bonds is 4. The normalized spacial score (nSPS) is 18.5. The average molecular weight is 377 g/mol. The molecule has 0 aromatic heterocycles. The second kappa shape index (κ2) is 7.90. The van der Waals surface area contributed by atoms with Crippen molar-refractivity contribution >= 4 is 23.9 Å². The molecule has 9 nitrogen and oxygen atoms in total. The Morgan fingerprint density at radius 1 is 0.815 bits per heavy atom. The zero-order chi connectivity index (χ0) is 20.3. The molecule has 2 aliphatic rings. The molecule has 27 heavy (non-hydrogen) atoms. The lowest BCUT2D eigenvalue weighted by molar-refractivity contribution is -0.143. The van der Waals surface area contributed by atoms with Crippen molar-refractivity contribution < 1.29 is 38.1 Å². The van der Waals surface area contributed by atoms with E-state index in [0.29, 0.717) is 0 Å². The van der Waals surface area contributed by atoms with Gasteiger partial charge in [0.05, 0.1) is 45.6 Å². The zero-order valence-corrected chi connectivity index (χ0v) is 15.5. The van der Waals surface area contributed by atoms with Gasteiger partial charge in [0.25, 0.3) is 0 Å². The fourth-order valence-electron chi connectivity index (χ4n) is 2.89. The van der Waals surface area contributed by atoms with Crippen LogP contribution in [0.3, 0.4) is 0 Å². The Labute approximate surface area is 155 Å². The molecular formula is C18H19NO8. The van der Waals surface area contributed by atoms with E-state index in [1.807, 2.05) is 0 Å². The van der Waals surface area contributed by atoms with Gasteiger partial charge in [-0.1, -0.05) is 11.6 Å². The minimum absolute atomic E-state index is 0.152. The lowest BCUT2D eigenvalue weighted by Crippen LogP contribution is -2.45. The summed E-state index contributed by atoms with van der Waals surface area (Å²) in [6, 6.07) is -0.876. The van der Waals surface area contributed by atoms with Crippen LogP contribution in [0.4, 0.5) is 0 Å². The molecule has 0 radical (unpaired) electrons. The van der Waals surface area contributed by atoms with E-state index in [1.54, 1.807) is 19.1 Å². The number of ether oxygens (including phenoxy) is 4. The van der Waals surface area contributed by atoms with E-state index >= 15 is 0 Å². The van der Waals surface area contributed by atoms with Crippen LogP contribution in [0.25, 0.3) is 0 Å². The predicted octanol–water partition coefficient (Wildman–Crippen LogP) is 0.387. The second-order valence-electron chi connectivity index (χ2n) is 5.56. The Bertz CT molecular complexity index is 830. The molecule has 1 atom stereocenters. The first-order chi connectivity index (χ1) is 12.8. The molecule has 0 bridgehead atoms. The van der Waals surface area contributed by atoms with Crippen LogP contribution in [0.15, 0.2) is 46.3 Å². The highest BCUT2D eigenvalue weighted by atomic mass is 16.5. The van der Waals surface area contributed by atoms with Gasteiger partial charge in [-0.05, 0) is 13.0 Å². The second-order valence-corrected chi connectivity index (χ2v) is 5.56. The first-order valence-corrected chi connectivity index (χ1v) is 7.79. The van der Waals surface area contributed by atoms with Crippen molar-refractivity contribution in [3.63, 3.8) is 0 Å². The number of carbonyl (C=O) groups is 4. The number of hydrogen-bond acceptors (Lipinski definition) is 9. The fourth-order valence-corrected chi connectivity index (χ4v) is 2.89. The molecule has 0 N–H and O–H groups in total. The molecule has 0 saturated heterocycles. The summed E-state index contributed by atoms with van der Waals surface area (Å²) >= 11 is 0. The van der Waals surface area contributed by atoms with Gasteiger partial charge in [0, 0.05) is 6.20 Å². The van der Waals surface area contributed by atoms with Gasteiger partial charge in [-0.3, -0.25) is 0 Å². The molecule has 0 aliphatic carbocycles. The molecule has 2 heterocycles. The van der Waals surface area contributed by atoms with Gasteiger partial charge in [-0.2, -0.15) is 0 Å². The summed E-state index contributed by atoms with van der Waals surface area (Å²) < 4.78 is 19.1. The van der Waals surface area contributed by atoms with Gasteiger partial charge in [0.15, 0.2) is 0 Å². The van der Waals surface area contributed by atoms with E-state index in [4.69, 9.17) is 18.9 Å². The van der Waals surface area contributed by atoms with Crippen molar-refractivity contribution in [2.75, 3.05) is 28.4 Å². The summed E-state index contributed by atoms with van der Waals surface area (Å²) in [6.07, 6.45) is 4.82. The van der Waals surface area contributed by atoms with Crippen LogP contribution in [-0.4, -0.2) is 63.3 Å². The maximum Gasteiger partial charge on any atom is 0.355 e. The van der Waals surface area contributed by atoms with Gasteiger partial charge in [-0.15, -0.1) is 0 Å². The molecule has 0 saturated carbocycles. The van der Waals surface area contributed by atoms with Crippen LogP contribution >= 0.6 is 0 Å². The van der Waals surface area contributed by atoms with E-state index in [9.17, 15) is 19.2 Å². The van der Waals surface area contributed by atoms with Crippen LogP contribution in [0.2, 0.25) is 0 Å². The molecule has 2 rings (SSSR count). The molecule has 0 spiro atoms. The van der Waals surface area contributed by atoms with Gasteiger partial charge in [-0.25, -0.2) is 19.2 Å². The number of fused-ring (bicyclic) bond motifs is 1. The number of allylic oxidation sites excluding steroid dienone is 2. The van der Waals surface area contributed by atoms with Crippen molar-refractivity contribution in [3.05, 3.63) is 46.3 Å². The van der Waals surface area contributed by atoms with Crippen LogP contribution < -0.4 is 0 Å². The Kier molecular flexibility index (Phi) is 5.84. The minimum atomic E-state index is -1.00. The van der Waals surface area contributed by atoms with Crippen molar-refractivity contribution in [1.82, 2.24) is 4.90 Å². The third kappa shape index (κ3) is 3.35. The Balaban J connectivity index is 2.97. The van der Waals surface area contributed by atoms with Crippen LogP contribution in [-0.2, 0) is 38.1 Å². The number of methoxy groups -OCH3 is 4.